The average molecular weight is 143 g/mol. The molecule has 0 bridgehead atoms. The normalized spacial score (nSPS) is 16.3. The Morgan fingerprint density at radius 3 is 2.50 bits per heavy atom. The van der Waals surface area contributed by atoms with Crippen molar-refractivity contribution in [3.63, 3.8) is 0 Å². The number of hydrogen-bond donors (Lipinski definition) is 0. The second-order valence-electron chi connectivity index (χ2n) is 2.15. The summed E-state index contributed by atoms with van der Waals surface area (Å²) in [5, 5.41) is 10.3. The van der Waals surface area contributed by atoms with Crippen LogP contribution in [0.5, 0.6) is 0 Å². The lowest BCUT2D eigenvalue weighted by molar-refractivity contribution is -0.430. The molecular formula is C6H9NO3. The van der Waals surface area contributed by atoms with Crippen molar-refractivity contribution in [1.29, 1.82) is 0 Å². The first kappa shape index (κ1) is 7.21. The van der Waals surface area contributed by atoms with Gasteiger partial charge in [-0.25, -0.2) is 0 Å². The highest BCUT2D eigenvalue weighted by Crippen LogP contribution is 2.16. The smallest absolute Gasteiger partial charge is 0.249 e. The van der Waals surface area contributed by atoms with E-state index in [1.165, 1.54) is 0 Å². The third-order valence-electron chi connectivity index (χ3n) is 1.52. The molecule has 0 spiro atoms. The molecule has 1 aliphatic heterocycles. The third kappa shape index (κ3) is 1.16. The van der Waals surface area contributed by atoms with E-state index in [4.69, 9.17) is 4.74 Å². The van der Waals surface area contributed by atoms with Crippen LogP contribution < -0.4 is 0 Å². The summed E-state index contributed by atoms with van der Waals surface area (Å²) in [6.07, 6.45) is 0.492. The zero-order valence-electron chi connectivity index (χ0n) is 5.79. The molecule has 1 saturated heterocycles. The van der Waals surface area contributed by atoms with Crippen molar-refractivity contribution in [3.05, 3.63) is 21.4 Å². The van der Waals surface area contributed by atoms with Crippen LogP contribution in [0.2, 0.25) is 0 Å². The number of rotatable bonds is 2. The average Bonchev–Trinajstić information content (AvgIpc) is 1.76. The summed E-state index contributed by atoms with van der Waals surface area (Å²) >= 11 is 0. The molecule has 1 rings (SSSR count). The fraction of sp³-hybridized carbons (Fsp3) is 0.667. The highest BCUT2D eigenvalue weighted by atomic mass is 16.6. The highest BCUT2D eigenvalue weighted by molar-refractivity contribution is 5.13. The molecule has 1 fully saturated rings. The zero-order chi connectivity index (χ0) is 7.56. The SMILES string of the molecule is CCC(=C1COC1)[N+](=O)[O-]. The van der Waals surface area contributed by atoms with Crippen molar-refractivity contribution >= 4 is 0 Å². The van der Waals surface area contributed by atoms with Gasteiger partial charge in [-0.05, 0) is 0 Å². The van der Waals surface area contributed by atoms with Crippen LogP contribution in [0, 0.1) is 10.1 Å². The zero-order valence-corrected chi connectivity index (χ0v) is 5.79. The third-order valence-corrected chi connectivity index (χ3v) is 1.52. The highest BCUT2D eigenvalue weighted by Gasteiger charge is 2.21. The predicted molar refractivity (Wildman–Crippen MR) is 35.1 cm³/mol. The molecule has 0 aromatic carbocycles. The van der Waals surface area contributed by atoms with Crippen molar-refractivity contribution in [2.24, 2.45) is 0 Å². The van der Waals surface area contributed by atoms with Crippen LogP contribution in [0.15, 0.2) is 11.3 Å². The van der Waals surface area contributed by atoms with E-state index in [-0.39, 0.29) is 4.92 Å². The van der Waals surface area contributed by atoms with E-state index in [0.29, 0.717) is 25.3 Å². The van der Waals surface area contributed by atoms with Gasteiger partial charge in [0.1, 0.15) is 0 Å². The molecule has 0 unspecified atom stereocenters. The Balaban J connectivity index is 2.71. The molecule has 0 aromatic heterocycles. The fourth-order valence-electron chi connectivity index (χ4n) is 0.879. The van der Waals surface area contributed by atoms with Crippen LogP contribution in [0.4, 0.5) is 0 Å². The standard InChI is InChI=1S/C6H9NO3/c1-2-6(7(8)9)5-3-10-4-5/h2-4H2,1H3. The second-order valence-corrected chi connectivity index (χ2v) is 2.15. The van der Waals surface area contributed by atoms with E-state index in [2.05, 4.69) is 0 Å². The first-order valence-corrected chi connectivity index (χ1v) is 3.18. The summed E-state index contributed by atoms with van der Waals surface area (Å²) in [6, 6.07) is 0. The van der Waals surface area contributed by atoms with Crippen LogP contribution in [-0.4, -0.2) is 18.1 Å². The largest absolute Gasteiger partial charge is 0.372 e. The van der Waals surface area contributed by atoms with Crippen molar-refractivity contribution in [1.82, 2.24) is 0 Å². The molecule has 1 heterocycles. The van der Waals surface area contributed by atoms with Crippen molar-refractivity contribution in [3.8, 4) is 0 Å². The molecule has 0 aromatic rings. The molecular weight excluding hydrogens is 134 g/mol. The number of nitrogens with zero attached hydrogens (tertiary/aromatic N) is 1. The minimum atomic E-state index is -0.322. The van der Waals surface area contributed by atoms with E-state index in [1.54, 1.807) is 6.92 Å². The lowest BCUT2D eigenvalue weighted by Gasteiger charge is -2.16. The van der Waals surface area contributed by atoms with Gasteiger partial charge in [-0.1, -0.05) is 6.92 Å². The molecule has 0 aliphatic carbocycles. The summed E-state index contributed by atoms with van der Waals surface area (Å²) in [4.78, 5) is 9.94. The number of ether oxygens (including phenoxy) is 1. The molecule has 0 radical (unpaired) electrons. The van der Waals surface area contributed by atoms with Gasteiger partial charge < -0.3 is 4.74 Å². The first-order valence-electron chi connectivity index (χ1n) is 3.18. The van der Waals surface area contributed by atoms with E-state index < -0.39 is 0 Å². The Kier molecular flexibility index (Phi) is 2.01. The monoisotopic (exact) mass is 143 g/mol. The fourth-order valence-corrected chi connectivity index (χ4v) is 0.879. The molecule has 4 heteroatoms. The lowest BCUT2D eigenvalue weighted by atomic mass is 10.1. The lowest BCUT2D eigenvalue weighted by Crippen LogP contribution is -2.21. The molecule has 0 amide bonds. The Morgan fingerprint density at radius 2 is 2.40 bits per heavy atom. The number of hydrogen-bond acceptors (Lipinski definition) is 3. The van der Waals surface area contributed by atoms with Crippen molar-refractivity contribution in [2.75, 3.05) is 13.2 Å². The van der Waals surface area contributed by atoms with Gasteiger partial charge in [0.25, 0.3) is 0 Å². The summed E-state index contributed by atoms with van der Waals surface area (Å²) < 4.78 is 4.81. The number of nitro groups is 1. The first-order chi connectivity index (χ1) is 4.75. The van der Waals surface area contributed by atoms with E-state index in [0.717, 1.165) is 5.57 Å². The Hall–Kier alpha value is -0.900. The van der Waals surface area contributed by atoms with Crippen LogP contribution >= 0.6 is 0 Å². The molecule has 1 aliphatic rings. The van der Waals surface area contributed by atoms with Gasteiger partial charge in [-0.15, -0.1) is 0 Å². The van der Waals surface area contributed by atoms with Crippen LogP contribution in [0.3, 0.4) is 0 Å². The minimum Gasteiger partial charge on any atom is -0.372 e. The van der Waals surface area contributed by atoms with Gasteiger partial charge in [0.05, 0.1) is 23.7 Å². The summed E-state index contributed by atoms with van der Waals surface area (Å²) in [5.41, 5.74) is 1.17. The number of allylic oxidation sites excluding steroid dienone is 1. The van der Waals surface area contributed by atoms with Gasteiger partial charge in [0, 0.05) is 6.42 Å². The molecule has 0 atom stereocenters. The maximum atomic E-state index is 10.3. The Morgan fingerprint density at radius 1 is 1.80 bits per heavy atom. The van der Waals surface area contributed by atoms with Gasteiger partial charge in [-0.3, -0.25) is 10.1 Å². The van der Waals surface area contributed by atoms with Gasteiger partial charge >= 0.3 is 0 Å². The Labute approximate surface area is 58.6 Å². The molecule has 56 valence electrons. The predicted octanol–water partition coefficient (Wildman–Crippen LogP) is 0.957. The van der Waals surface area contributed by atoms with E-state index in [9.17, 15) is 10.1 Å². The maximum Gasteiger partial charge on any atom is 0.249 e. The van der Waals surface area contributed by atoms with Gasteiger partial charge in [0.15, 0.2) is 0 Å². The van der Waals surface area contributed by atoms with Crippen LogP contribution in [0.25, 0.3) is 0 Å². The van der Waals surface area contributed by atoms with Crippen molar-refractivity contribution < 1.29 is 9.66 Å². The van der Waals surface area contributed by atoms with Crippen LogP contribution in [-0.2, 0) is 4.74 Å². The molecule has 4 nitrogen and oxygen atoms in total. The summed E-state index contributed by atoms with van der Waals surface area (Å²) in [5.74, 6) is 0. The van der Waals surface area contributed by atoms with Gasteiger partial charge in [0.2, 0.25) is 5.70 Å². The summed E-state index contributed by atoms with van der Waals surface area (Å²) in [6.45, 7) is 2.68. The van der Waals surface area contributed by atoms with Crippen LogP contribution in [0.1, 0.15) is 13.3 Å². The molecule has 10 heavy (non-hydrogen) atoms. The quantitative estimate of drug-likeness (QED) is 0.427. The minimum absolute atomic E-state index is 0.322. The topological polar surface area (TPSA) is 52.4 Å². The van der Waals surface area contributed by atoms with E-state index >= 15 is 0 Å². The Bertz CT molecular complexity index is 179. The molecule has 0 N–H and O–H groups in total. The van der Waals surface area contributed by atoms with Crippen molar-refractivity contribution in [2.45, 2.75) is 13.3 Å². The molecule has 0 saturated carbocycles. The van der Waals surface area contributed by atoms with Gasteiger partial charge in [-0.2, -0.15) is 0 Å². The maximum absolute atomic E-state index is 10.3. The summed E-state index contributed by atoms with van der Waals surface area (Å²) in [7, 11) is 0. The second kappa shape index (κ2) is 2.79. The van der Waals surface area contributed by atoms with E-state index in [1.807, 2.05) is 0 Å².